The minimum atomic E-state index is -0.114. The Kier molecular flexibility index (Phi) is 6.00. The molecule has 0 aliphatic rings. The first-order valence-corrected chi connectivity index (χ1v) is 8.19. The van der Waals surface area contributed by atoms with E-state index in [-0.39, 0.29) is 11.9 Å². The standard InChI is InChI=1S/C20H22ClNO/c1-4-19(17-11-9-14(2)13-15(17)3)22-20(23)12-10-16-7-5-6-8-18(16)21/h5-13,19H,4H2,1-3H3,(H,22,23)/b12-10+. The van der Waals surface area contributed by atoms with Crippen LogP contribution >= 0.6 is 11.6 Å². The number of nitrogens with one attached hydrogen (secondary N) is 1. The summed E-state index contributed by atoms with van der Waals surface area (Å²) < 4.78 is 0. The van der Waals surface area contributed by atoms with Crippen LogP contribution in [0.25, 0.3) is 6.08 Å². The highest BCUT2D eigenvalue weighted by molar-refractivity contribution is 6.32. The van der Waals surface area contributed by atoms with Crippen LogP contribution < -0.4 is 5.32 Å². The fourth-order valence-corrected chi connectivity index (χ4v) is 2.81. The maximum atomic E-state index is 12.2. The molecule has 120 valence electrons. The van der Waals surface area contributed by atoms with Gasteiger partial charge in [0.2, 0.25) is 5.91 Å². The maximum Gasteiger partial charge on any atom is 0.244 e. The van der Waals surface area contributed by atoms with Crippen LogP contribution in [-0.2, 0) is 4.79 Å². The summed E-state index contributed by atoms with van der Waals surface area (Å²) in [7, 11) is 0. The second-order valence-corrected chi connectivity index (χ2v) is 6.09. The van der Waals surface area contributed by atoms with Crippen molar-refractivity contribution in [1.29, 1.82) is 0 Å². The van der Waals surface area contributed by atoms with E-state index in [0.29, 0.717) is 5.02 Å². The van der Waals surface area contributed by atoms with E-state index in [1.165, 1.54) is 17.2 Å². The van der Waals surface area contributed by atoms with Crippen molar-refractivity contribution in [3.05, 3.63) is 75.8 Å². The number of hydrogen-bond donors (Lipinski definition) is 1. The van der Waals surface area contributed by atoms with Crippen LogP contribution in [0.2, 0.25) is 5.02 Å². The van der Waals surface area contributed by atoms with E-state index >= 15 is 0 Å². The molecule has 2 nitrogen and oxygen atoms in total. The van der Waals surface area contributed by atoms with Crippen molar-refractivity contribution >= 4 is 23.6 Å². The average Bonchev–Trinajstić information content (AvgIpc) is 2.52. The lowest BCUT2D eigenvalue weighted by Gasteiger charge is -2.19. The molecule has 0 heterocycles. The fraction of sp³-hybridized carbons (Fsp3) is 0.250. The lowest BCUT2D eigenvalue weighted by Crippen LogP contribution is -2.26. The first-order valence-electron chi connectivity index (χ1n) is 7.81. The van der Waals surface area contributed by atoms with Gasteiger partial charge in [0.15, 0.2) is 0 Å². The van der Waals surface area contributed by atoms with Crippen LogP contribution in [0.1, 0.15) is 41.6 Å². The quantitative estimate of drug-likeness (QED) is 0.748. The molecule has 1 amide bonds. The van der Waals surface area contributed by atoms with Crippen molar-refractivity contribution in [2.75, 3.05) is 0 Å². The molecule has 0 spiro atoms. The van der Waals surface area contributed by atoms with Crippen molar-refractivity contribution in [1.82, 2.24) is 5.32 Å². The lowest BCUT2D eigenvalue weighted by atomic mass is 9.97. The monoisotopic (exact) mass is 327 g/mol. The Hall–Kier alpha value is -2.06. The Bertz CT molecular complexity index is 721. The highest BCUT2D eigenvalue weighted by Crippen LogP contribution is 2.22. The van der Waals surface area contributed by atoms with Crippen molar-refractivity contribution in [2.45, 2.75) is 33.2 Å². The van der Waals surface area contributed by atoms with Crippen molar-refractivity contribution in [3.8, 4) is 0 Å². The van der Waals surface area contributed by atoms with Gasteiger partial charge in [-0.15, -0.1) is 0 Å². The molecule has 0 saturated carbocycles. The Morgan fingerprint density at radius 3 is 2.61 bits per heavy atom. The number of rotatable bonds is 5. The van der Waals surface area contributed by atoms with E-state index in [4.69, 9.17) is 11.6 Å². The Balaban J connectivity index is 2.09. The van der Waals surface area contributed by atoms with Crippen molar-refractivity contribution < 1.29 is 4.79 Å². The molecule has 0 aliphatic heterocycles. The molecule has 0 aromatic heterocycles. The smallest absolute Gasteiger partial charge is 0.244 e. The van der Waals surface area contributed by atoms with Gasteiger partial charge in [-0.1, -0.05) is 60.5 Å². The average molecular weight is 328 g/mol. The number of aryl methyl sites for hydroxylation is 2. The summed E-state index contributed by atoms with van der Waals surface area (Å²) in [5.74, 6) is -0.114. The van der Waals surface area contributed by atoms with Crippen LogP contribution in [0.15, 0.2) is 48.5 Å². The molecule has 2 aromatic carbocycles. The highest BCUT2D eigenvalue weighted by atomic mass is 35.5. The van der Waals surface area contributed by atoms with E-state index < -0.39 is 0 Å². The number of carbonyl (C=O) groups excluding carboxylic acids is 1. The Labute approximate surface area is 143 Å². The van der Waals surface area contributed by atoms with Crippen molar-refractivity contribution in [2.24, 2.45) is 0 Å². The molecule has 23 heavy (non-hydrogen) atoms. The van der Waals surface area contributed by atoms with Crippen LogP contribution in [0.4, 0.5) is 0 Å². The second kappa shape index (κ2) is 7.98. The van der Waals surface area contributed by atoms with E-state index in [2.05, 4.69) is 44.3 Å². The predicted octanol–water partition coefficient (Wildman–Crippen LogP) is 5.24. The maximum absolute atomic E-state index is 12.2. The van der Waals surface area contributed by atoms with E-state index in [1.54, 1.807) is 6.08 Å². The van der Waals surface area contributed by atoms with Gasteiger partial charge in [0.05, 0.1) is 6.04 Å². The normalized spacial score (nSPS) is 12.3. The minimum absolute atomic E-state index is 0.0130. The molecule has 0 aliphatic carbocycles. The molecular weight excluding hydrogens is 306 g/mol. The van der Waals surface area contributed by atoms with Gasteiger partial charge in [-0.25, -0.2) is 0 Å². The topological polar surface area (TPSA) is 29.1 Å². The van der Waals surface area contributed by atoms with Gasteiger partial charge in [-0.3, -0.25) is 4.79 Å². The van der Waals surface area contributed by atoms with E-state index in [9.17, 15) is 4.79 Å². The summed E-state index contributed by atoms with van der Waals surface area (Å²) >= 11 is 6.09. The molecule has 2 rings (SSSR count). The van der Waals surface area contributed by atoms with Gasteiger partial charge in [-0.2, -0.15) is 0 Å². The van der Waals surface area contributed by atoms with Gasteiger partial charge in [0.25, 0.3) is 0 Å². The molecule has 1 atom stereocenters. The summed E-state index contributed by atoms with van der Waals surface area (Å²) in [5.41, 5.74) is 4.43. The molecule has 1 unspecified atom stereocenters. The third kappa shape index (κ3) is 4.70. The van der Waals surface area contributed by atoms with Gasteiger partial charge in [-0.05, 0) is 49.1 Å². The molecule has 0 saturated heterocycles. The largest absolute Gasteiger partial charge is 0.346 e. The predicted molar refractivity (Wildman–Crippen MR) is 97.6 cm³/mol. The van der Waals surface area contributed by atoms with Gasteiger partial charge in [0.1, 0.15) is 0 Å². The van der Waals surface area contributed by atoms with Gasteiger partial charge in [0, 0.05) is 11.1 Å². The summed E-state index contributed by atoms with van der Waals surface area (Å²) in [5, 5.41) is 3.70. The van der Waals surface area contributed by atoms with Crippen LogP contribution in [0, 0.1) is 13.8 Å². The van der Waals surface area contributed by atoms with E-state index in [0.717, 1.165) is 17.5 Å². The second-order valence-electron chi connectivity index (χ2n) is 5.68. The number of amides is 1. The van der Waals surface area contributed by atoms with E-state index in [1.807, 2.05) is 24.3 Å². The first-order chi connectivity index (χ1) is 11.0. The van der Waals surface area contributed by atoms with Crippen LogP contribution in [0.5, 0.6) is 0 Å². The van der Waals surface area contributed by atoms with Crippen molar-refractivity contribution in [3.63, 3.8) is 0 Å². The first kappa shape index (κ1) is 17.3. The number of carbonyl (C=O) groups is 1. The fourth-order valence-electron chi connectivity index (χ4n) is 2.61. The van der Waals surface area contributed by atoms with Crippen LogP contribution in [-0.4, -0.2) is 5.91 Å². The molecular formula is C20H22ClNO. The number of benzene rings is 2. The zero-order valence-corrected chi connectivity index (χ0v) is 14.5. The third-order valence-electron chi connectivity index (χ3n) is 3.84. The Morgan fingerprint density at radius 1 is 1.22 bits per heavy atom. The minimum Gasteiger partial charge on any atom is -0.346 e. The molecule has 2 aromatic rings. The summed E-state index contributed by atoms with van der Waals surface area (Å²) in [6.45, 7) is 6.22. The van der Waals surface area contributed by atoms with Gasteiger partial charge < -0.3 is 5.32 Å². The molecule has 0 radical (unpaired) electrons. The Morgan fingerprint density at radius 2 is 1.96 bits per heavy atom. The summed E-state index contributed by atoms with van der Waals surface area (Å²) in [6, 6.07) is 13.8. The third-order valence-corrected chi connectivity index (χ3v) is 4.19. The zero-order chi connectivity index (χ0) is 16.8. The molecule has 1 N–H and O–H groups in total. The number of halogens is 1. The van der Waals surface area contributed by atoms with Gasteiger partial charge >= 0.3 is 0 Å². The zero-order valence-electron chi connectivity index (χ0n) is 13.8. The summed E-state index contributed by atoms with van der Waals surface area (Å²) in [4.78, 5) is 12.2. The lowest BCUT2D eigenvalue weighted by molar-refractivity contribution is -0.117. The molecule has 3 heteroatoms. The number of hydrogen-bond acceptors (Lipinski definition) is 1. The highest BCUT2D eigenvalue weighted by Gasteiger charge is 2.13. The van der Waals surface area contributed by atoms with Crippen LogP contribution in [0.3, 0.4) is 0 Å². The molecule has 0 fully saturated rings. The summed E-state index contributed by atoms with van der Waals surface area (Å²) in [6.07, 6.45) is 4.12. The molecule has 0 bridgehead atoms. The SMILES string of the molecule is CCC(NC(=O)/C=C/c1ccccc1Cl)c1ccc(C)cc1C.